The number of hydrogen-bond donors (Lipinski definition) is 1. The number of benzene rings is 1. The van der Waals surface area contributed by atoms with Gasteiger partial charge in [0.2, 0.25) is 0 Å². The van der Waals surface area contributed by atoms with Crippen molar-refractivity contribution in [3.63, 3.8) is 0 Å². The fourth-order valence-electron chi connectivity index (χ4n) is 1.03. The van der Waals surface area contributed by atoms with Crippen molar-refractivity contribution in [2.45, 2.75) is 13.5 Å². The van der Waals surface area contributed by atoms with Crippen molar-refractivity contribution in [2.24, 2.45) is 0 Å². The molecule has 0 saturated heterocycles. The van der Waals surface area contributed by atoms with Gasteiger partial charge in [-0.15, -0.1) is 5.92 Å². The third-order valence-corrected chi connectivity index (χ3v) is 1.71. The van der Waals surface area contributed by atoms with Gasteiger partial charge in [0.1, 0.15) is 11.6 Å². The van der Waals surface area contributed by atoms with Crippen molar-refractivity contribution in [3.8, 4) is 11.8 Å². The van der Waals surface area contributed by atoms with Crippen molar-refractivity contribution in [1.29, 1.82) is 0 Å². The smallest absolute Gasteiger partial charge is 0.127 e. The predicted octanol–water partition coefficient (Wildman–Crippen LogP) is 2.08. The van der Waals surface area contributed by atoms with Gasteiger partial charge in [0.15, 0.2) is 0 Å². The fourth-order valence-corrected chi connectivity index (χ4v) is 1.03. The van der Waals surface area contributed by atoms with Crippen LogP contribution in [-0.4, -0.2) is 6.54 Å². The highest BCUT2D eigenvalue weighted by Gasteiger charge is 2.02. The van der Waals surface area contributed by atoms with Crippen molar-refractivity contribution >= 4 is 0 Å². The van der Waals surface area contributed by atoms with E-state index in [9.17, 15) is 8.78 Å². The first-order valence-corrected chi connectivity index (χ1v) is 4.28. The molecule has 74 valence electrons. The minimum Gasteiger partial charge on any atom is -0.302 e. The molecule has 0 aromatic heterocycles. The number of halogens is 2. The first-order chi connectivity index (χ1) is 6.74. The monoisotopic (exact) mass is 195 g/mol. The van der Waals surface area contributed by atoms with E-state index in [2.05, 4.69) is 17.2 Å². The van der Waals surface area contributed by atoms with Gasteiger partial charge in [-0.2, -0.15) is 0 Å². The van der Waals surface area contributed by atoms with Gasteiger partial charge in [0, 0.05) is 12.1 Å². The Labute approximate surface area is 82.1 Å². The van der Waals surface area contributed by atoms with Crippen LogP contribution in [0.25, 0.3) is 0 Å². The normalized spacial score (nSPS) is 9.36. The number of hydrogen-bond acceptors (Lipinski definition) is 1. The Kier molecular flexibility index (Phi) is 4.09. The first-order valence-electron chi connectivity index (χ1n) is 4.28. The molecule has 0 spiro atoms. The average molecular weight is 195 g/mol. The molecule has 1 N–H and O–H groups in total. The van der Waals surface area contributed by atoms with Crippen LogP contribution >= 0.6 is 0 Å². The predicted molar refractivity (Wildman–Crippen MR) is 51.5 cm³/mol. The van der Waals surface area contributed by atoms with Crippen LogP contribution in [0.4, 0.5) is 8.78 Å². The second-order valence-electron chi connectivity index (χ2n) is 2.77. The molecular formula is C11H11F2N. The topological polar surface area (TPSA) is 12.0 Å². The van der Waals surface area contributed by atoms with E-state index in [4.69, 9.17) is 0 Å². The molecule has 1 rings (SSSR count). The summed E-state index contributed by atoms with van der Waals surface area (Å²) in [6.45, 7) is 2.50. The van der Waals surface area contributed by atoms with Crippen LogP contribution in [0.1, 0.15) is 12.5 Å². The molecule has 1 aromatic rings. The van der Waals surface area contributed by atoms with E-state index in [0.717, 1.165) is 12.1 Å². The zero-order valence-electron chi connectivity index (χ0n) is 7.90. The highest BCUT2D eigenvalue weighted by Crippen LogP contribution is 2.08. The summed E-state index contributed by atoms with van der Waals surface area (Å²) >= 11 is 0. The summed E-state index contributed by atoms with van der Waals surface area (Å²) in [4.78, 5) is 0. The van der Waals surface area contributed by atoms with Crippen LogP contribution in [-0.2, 0) is 6.54 Å². The summed E-state index contributed by atoms with van der Waals surface area (Å²) in [5, 5.41) is 2.89. The minimum atomic E-state index is -0.426. The van der Waals surface area contributed by atoms with Gasteiger partial charge >= 0.3 is 0 Å². The molecule has 3 heteroatoms. The maximum absolute atomic E-state index is 13.0. The Hall–Kier alpha value is -1.40. The third-order valence-electron chi connectivity index (χ3n) is 1.71. The molecule has 14 heavy (non-hydrogen) atoms. The number of rotatable bonds is 3. The summed E-state index contributed by atoms with van der Waals surface area (Å²) in [6.07, 6.45) is 0. The lowest BCUT2D eigenvalue weighted by atomic mass is 10.2. The zero-order valence-corrected chi connectivity index (χ0v) is 7.90. The van der Waals surface area contributed by atoms with Crippen molar-refractivity contribution < 1.29 is 8.78 Å². The van der Waals surface area contributed by atoms with Crippen LogP contribution in [0.15, 0.2) is 18.2 Å². The van der Waals surface area contributed by atoms with E-state index in [1.165, 1.54) is 6.07 Å². The fraction of sp³-hybridized carbons (Fsp3) is 0.273. The van der Waals surface area contributed by atoms with E-state index in [-0.39, 0.29) is 6.54 Å². The molecule has 0 radical (unpaired) electrons. The molecule has 0 unspecified atom stereocenters. The molecule has 1 nitrogen and oxygen atoms in total. The maximum atomic E-state index is 13.0. The molecule has 0 amide bonds. The largest absolute Gasteiger partial charge is 0.302 e. The third kappa shape index (κ3) is 3.15. The Balaban J connectivity index is 2.56. The van der Waals surface area contributed by atoms with Crippen LogP contribution in [0.3, 0.4) is 0 Å². The Morgan fingerprint density at radius 1 is 1.36 bits per heavy atom. The molecule has 0 atom stereocenters. The lowest BCUT2D eigenvalue weighted by Gasteiger charge is -2.02. The van der Waals surface area contributed by atoms with Gasteiger partial charge in [0.25, 0.3) is 0 Å². The second-order valence-corrected chi connectivity index (χ2v) is 2.77. The Bertz CT molecular complexity index is 363. The highest BCUT2D eigenvalue weighted by atomic mass is 19.1. The van der Waals surface area contributed by atoms with E-state index in [1.54, 1.807) is 6.92 Å². The quantitative estimate of drug-likeness (QED) is 0.575. The second kappa shape index (κ2) is 5.36. The van der Waals surface area contributed by atoms with E-state index >= 15 is 0 Å². The number of nitrogens with one attached hydrogen (secondary N) is 1. The van der Waals surface area contributed by atoms with E-state index < -0.39 is 11.6 Å². The summed E-state index contributed by atoms with van der Waals surface area (Å²) in [6, 6.07) is 3.41. The SMILES string of the molecule is CC#CCNCc1cc(F)ccc1F. The molecule has 0 aliphatic carbocycles. The Morgan fingerprint density at radius 3 is 2.86 bits per heavy atom. The molecule has 0 fully saturated rings. The van der Waals surface area contributed by atoms with E-state index in [0.29, 0.717) is 12.1 Å². The first kappa shape index (κ1) is 10.7. The van der Waals surface area contributed by atoms with Crippen LogP contribution < -0.4 is 5.32 Å². The summed E-state index contributed by atoms with van der Waals surface area (Å²) < 4.78 is 25.7. The average Bonchev–Trinajstić information content (AvgIpc) is 2.18. The van der Waals surface area contributed by atoms with Crippen LogP contribution in [0.2, 0.25) is 0 Å². The van der Waals surface area contributed by atoms with Gasteiger partial charge in [-0.05, 0) is 25.1 Å². The zero-order chi connectivity index (χ0) is 10.4. The summed E-state index contributed by atoms with van der Waals surface area (Å²) in [5.74, 6) is 4.65. The lowest BCUT2D eigenvalue weighted by molar-refractivity contribution is 0.575. The maximum Gasteiger partial charge on any atom is 0.127 e. The highest BCUT2D eigenvalue weighted by molar-refractivity contribution is 5.18. The minimum absolute atomic E-state index is 0.290. The molecule has 1 aromatic carbocycles. The summed E-state index contributed by atoms with van der Waals surface area (Å²) in [5.41, 5.74) is 0.322. The molecule has 0 aliphatic rings. The molecule has 0 heterocycles. The standard InChI is InChI=1S/C11H11F2N/c1-2-3-6-14-8-9-7-10(12)4-5-11(9)13/h4-5,7,14H,6,8H2,1H3. The van der Waals surface area contributed by atoms with E-state index in [1.807, 2.05) is 0 Å². The lowest BCUT2D eigenvalue weighted by Crippen LogP contribution is -2.14. The van der Waals surface area contributed by atoms with Gasteiger partial charge in [0.05, 0.1) is 6.54 Å². The van der Waals surface area contributed by atoms with Gasteiger partial charge in [-0.3, -0.25) is 0 Å². The summed E-state index contributed by atoms with van der Waals surface area (Å²) in [7, 11) is 0. The Morgan fingerprint density at radius 2 is 2.14 bits per heavy atom. The molecule has 0 aliphatic heterocycles. The van der Waals surface area contributed by atoms with Gasteiger partial charge in [-0.1, -0.05) is 5.92 Å². The van der Waals surface area contributed by atoms with Crippen molar-refractivity contribution in [2.75, 3.05) is 6.54 Å². The van der Waals surface area contributed by atoms with Gasteiger partial charge in [-0.25, -0.2) is 8.78 Å². The van der Waals surface area contributed by atoms with Crippen LogP contribution in [0, 0.1) is 23.5 Å². The van der Waals surface area contributed by atoms with Crippen molar-refractivity contribution in [1.82, 2.24) is 5.32 Å². The molecule has 0 bridgehead atoms. The molecular weight excluding hydrogens is 184 g/mol. The van der Waals surface area contributed by atoms with Crippen LogP contribution in [0.5, 0.6) is 0 Å². The van der Waals surface area contributed by atoms with Gasteiger partial charge < -0.3 is 5.32 Å². The van der Waals surface area contributed by atoms with Crippen molar-refractivity contribution in [3.05, 3.63) is 35.4 Å². The molecule has 0 saturated carbocycles.